The van der Waals surface area contributed by atoms with Gasteiger partial charge in [-0.2, -0.15) is 0 Å². The molecule has 0 saturated heterocycles. The van der Waals surface area contributed by atoms with Gasteiger partial charge >= 0.3 is 0 Å². The summed E-state index contributed by atoms with van der Waals surface area (Å²) >= 11 is 0. The van der Waals surface area contributed by atoms with Crippen LogP contribution in [0.15, 0.2) is 17.0 Å². The Kier molecular flexibility index (Phi) is 4.16. The molecule has 6 heteroatoms. The van der Waals surface area contributed by atoms with Crippen LogP contribution in [-0.4, -0.2) is 20.2 Å². The lowest BCUT2D eigenvalue weighted by atomic mass is 9.91. The first-order valence-corrected chi connectivity index (χ1v) is 8.31. The van der Waals surface area contributed by atoms with Crippen LogP contribution in [0.4, 0.5) is 8.78 Å². The minimum absolute atomic E-state index is 0.0874. The average molecular weight is 303 g/mol. The molecule has 0 fully saturated rings. The van der Waals surface area contributed by atoms with Crippen molar-refractivity contribution in [3.05, 3.63) is 29.3 Å². The van der Waals surface area contributed by atoms with Crippen molar-refractivity contribution in [2.75, 3.05) is 6.54 Å². The molecule has 1 aliphatic heterocycles. The van der Waals surface area contributed by atoms with Gasteiger partial charge in [-0.25, -0.2) is 17.2 Å². The first kappa shape index (κ1) is 15.4. The lowest BCUT2D eigenvalue weighted by Gasteiger charge is -2.36. The van der Waals surface area contributed by atoms with Gasteiger partial charge in [-0.3, -0.25) is 0 Å². The molecule has 3 nitrogen and oxygen atoms in total. The SMILES string of the molecule is CCCNC1c2cc(F)c(F)cc2S(=O)(=O)C(C)C1C. The smallest absolute Gasteiger partial charge is 0.181 e. The Hall–Kier alpha value is -1.01. The number of fused-ring (bicyclic) bond motifs is 1. The minimum Gasteiger partial charge on any atom is -0.310 e. The van der Waals surface area contributed by atoms with Gasteiger partial charge in [0.2, 0.25) is 0 Å². The number of rotatable bonds is 3. The Morgan fingerprint density at radius 3 is 2.40 bits per heavy atom. The molecule has 0 saturated carbocycles. The molecule has 1 aliphatic rings. The molecule has 1 aromatic carbocycles. The zero-order valence-electron chi connectivity index (χ0n) is 11.8. The first-order chi connectivity index (χ1) is 9.30. The standard InChI is InChI=1S/C14H19F2NO2S/c1-4-5-17-14-8(2)9(3)20(18,19)13-7-12(16)11(15)6-10(13)14/h6-9,14,17H,4-5H2,1-3H3. The van der Waals surface area contributed by atoms with E-state index in [1.807, 2.05) is 13.8 Å². The van der Waals surface area contributed by atoms with Crippen LogP contribution < -0.4 is 5.32 Å². The van der Waals surface area contributed by atoms with Gasteiger partial charge in [0.25, 0.3) is 0 Å². The molecule has 112 valence electrons. The molecule has 0 aliphatic carbocycles. The molecule has 0 aromatic heterocycles. The van der Waals surface area contributed by atoms with E-state index in [1.165, 1.54) is 0 Å². The highest BCUT2D eigenvalue weighted by Gasteiger charge is 2.42. The van der Waals surface area contributed by atoms with Crippen LogP contribution in [0.3, 0.4) is 0 Å². The Morgan fingerprint density at radius 2 is 1.80 bits per heavy atom. The molecule has 3 atom stereocenters. The van der Waals surface area contributed by atoms with Crippen molar-refractivity contribution in [2.24, 2.45) is 5.92 Å². The molecule has 0 amide bonds. The molecule has 0 bridgehead atoms. The fourth-order valence-corrected chi connectivity index (χ4v) is 4.57. The van der Waals surface area contributed by atoms with Gasteiger partial charge in [-0.1, -0.05) is 13.8 Å². The van der Waals surface area contributed by atoms with Gasteiger partial charge in [0.05, 0.1) is 10.1 Å². The number of halogens is 2. The van der Waals surface area contributed by atoms with Crippen LogP contribution in [-0.2, 0) is 9.84 Å². The quantitative estimate of drug-likeness (QED) is 0.873. The van der Waals surface area contributed by atoms with E-state index < -0.39 is 26.7 Å². The lowest BCUT2D eigenvalue weighted by Crippen LogP contribution is -2.41. The first-order valence-electron chi connectivity index (χ1n) is 6.77. The van der Waals surface area contributed by atoms with Gasteiger partial charge < -0.3 is 5.32 Å². The Bertz CT molecular complexity index is 616. The average Bonchev–Trinajstić information content (AvgIpc) is 2.39. The van der Waals surface area contributed by atoms with E-state index in [-0.39, 0.29) is 16.9 Å². The zero-order valence-corrected chi connectivity index (χ0v) is 12.6. The van der Waals surface area contributed by atoms with Gasteiger partial charge in [-0.05, 0) is 43.5 Å². The molecule has 1 N–H and O–H groups in total. The van der Waals surface area contributed by atoms with E-state index in [1.54, 1.807) is 6.92 Å². The van der Waals surface area contributed by atoms with Gasteiger partial charge in [-0.15, -0.1) is 0 Å². The Balaban J connectivity index is 2.62. The van der Waals surface area contributed by atoms with Crippen molar-refractivity contribution in [1.29, 1.82) is 0 Å². The molecule has 0 spiro atoms. The van der Waals surface area contributed by atoms with Crippen molar-refractivity contribution in [1.82, 2.24) is 5.32 Å². The molecule has 2 rings (SSSR count). The van der Waals surface area contributed by atoms with Crippen molar-refractivity contribution in [2.45, 2.75) is 43.4 Å². The minimum atomic E-state index is -3.61. The maximum absolute atomic E-state index is 13.5. The zero-order chi connectivity index (χ0) is 15.1. The number of sulfone groups is 1. The largest absolute Gasteiger partial charge is 0.310 e. The number of nitrogens with one attached hydrogen (secondary N) is 1. The van der Waals surface area contributed by atoms with Crippen molar-refractivity contribution in [3.8, 4) is 0 Å². The summed E-state index contributed by atoms with van der Waals surface area (Å²) in [6.07, 6.45) is 0.878. The molecule has 3 unspecified atom stereocenters. The molecular formula is C14H19F2NO2S. The van der Waals surface area contributed by atoms with Crippen LogP contribution in [0.25, 0.3) is 0 Å². The normalized spacial score (nSPS) is 28.1. The predicted octanol–water partition coefficient (Wildman–Crippen LogP) is 2.82. The third-order valence-electron chi connectivity index (χ3n) is 4.06. The second-order valence-electron chi connectivity index (χ2n) is 5.35. The molecule has 20 heavy (non-hydrogen) atoms. The Labute approximate surface area is 118 Å². The topological polar surface area (TPSA) is 46.2 Å². The van der Waals surface area contributed by atoms with Crippen LogP contribution in [0, 0.1) is 17.6 Å². The summed E-state index contributed by atoms with van der Waals surface area (Å²) in [5.74, 6) is -2.34. The van der Waals surface area contributed by atoms with Gasteiger partial charge in [0.1, 0.15) is 0 Å². The predicted molar refractivity (Wildman–Crippen MR) is 73.2 cm³/mol. The number of hydrogen-bond acceptors (Lipinski definition) is 3. The summed E-state index contributed by atoms with van der Waals surface area (Å²) in [6, 6.07) is 1.54. The summed E-state index contributed by atoms with van der Waals surface area (Å²) in [5, 5.41) is 2.61. The lowest BCUT2D eigenvalue weighted by molar-refractivity contribution is 0.355. The third-order valence-corrected chi connectivity index (χ3v) is 6.44. The summed E-state index contributed by atoms with van der Waals surface area (Å²) in [5.41, 5.74) is 0.336. The molecule has 1 aromatic rings. The molecule has 1 heterocycles. The van der Waals surface area contributed by atoms with E-state index in [4.69, 9.17) is 0 Å². The van der Waals surface area contributed by atoms with Crippen molar-refractivity contribution in [3.63, 3.8) is 0 Å². The molecular weight excluding hydrogens is 284 g/mol. The third kappa shape index (κ3) is 2.35. The highest BCUT2D eigenvalue weighted by atomic mass is 32.2. The summed E-state index contributed by atoms with van der Waals surface area (Å²) in [4.78, 5) is -0.0874. The second kappa shape index (κ2) is 5.41. The van der Waals surface area contributed by atoms with E-state index in [9.17, 15) is 17.2 Å². The van der Waals surface area contributed by atoms with E-state index in [0.29, 0.717) is 12.1 Å². The second-order valence-corrected chi connectivity index (χ2v) is 7.62. The highest BCUT2D eigenvalue weighted by molar-refractivity contribution is 7.92. The molecule has 0 radical (unpaired) electrons. The highest BCUT2D eigenvalue weighted by Crippen LogP contribution is 2.40. The van der Waals surface area contributed by atoms with Gasteiger partial charge in [0.15, 0.2) is 21.5 Å². The maximum Gasteiger partial charge on any atom is 0.181 e. The fourth-order valence-electron chi connectivity index (χ4n) is 2.67. The summed E-state index contributed by atoms with van der Waals surface area (Å²) in [6.45, 7) is 6.12. The Morgan fingerprint density at radius 1 is 1.20 bits per heavy atom. The summed E-state index contributed by atoms with van der Waals surface area (Å²) < 4.78 is 51.6. The van der Waals surface area contributed by atoms with E-state index in [0.717, 1.165) is 18.6 Å². The maximum atomic E-state index is 13.5. The van der Waals surface area contributed by atoms with Crippen molar-refractivity contribution < 1.29 is 17.2 Å². The van der Waals surface area contributed by atoms with E-state index >= 15 is 0 Å². The number of hydrogen-bond donors (Lipinski definition) is 1. The van der Waals surface area contributed by atoms with Crippen LogP contribution in [0.1, 0.15) is 38.8 Å². The van der Waals surface area contributed by atoms with Crippen LogP contribution in [0.2, 0.25) is 0 Å². The number of benzene rings is 1. The monoisotopic (exact) mass is 303 g/mol. The van der Waals surface area contributed by atoms with Crippen LogP contribution in [0.5, 0.6) is 0 Å². The van der Waals surface area contributed by atoms with Crippen LogP contribution >= 0.6 is 0 Å². The van der Waals surface area contributed by atoms with Crippen molar-refractivity contribution >= 4 is 9.84 Å². The summed E-state index contributed by atoms with van der Waals surface area (Å²) in [7, 11) is -3.61. The van der Waals surface area contributed by atoms with Gasteiger partial charge in [0, 0.05) is 6.04 Å². The fraction of sp³-hybridized carbons (Fsp3) is 0.571. The van der Waals surface area contributed by atoms with E-state index in [2.05, 4.69) is 5.32 Å².